The molecule has 160 valence electrons. The normalized spacial score (nSPS) is 21.4. The predicted octanol–water partition coefficient (Wildman–Crippen LogP) is 3.20. The minimum Gasteiger partial charge on any atom is -0.491 e. The molecule has 0 aliphatic carbocycles. The van der Waals surface area contributed by atoms with E-state index in [1.165, 1.54) is 6.42 Å². The predicted molar refractivity (Wildman–Crippen MR) is 115 cm³/mol. The molecular formula is C23H30N4O3. The fraction of sp³-hybridized carbons (Fsp3) is 0.522. The third kappa shape index (κ3) is 5.48. The van der Waals surface area contributed by atoms with Gasteiger partial charge in [0.2, 0.25) is 5.95 Å². The zero-order valence-electron chi connectivity index (χ0n) is 17.5. The Balaban J connectivity index is 1.28. The molecule has 2 atom stereocenters. The summed E-state index contributed by atoms with van der Waals surface area (Å²) in [6.45, 7) is 5.99. The molecule has 0 unspecified atom stereocenters. The Morgan fingerprint density at radius 2 is 2.13 bits per heavy atom. The summed E-state index contributed by atoms with van der Waals surface area (Å²) < 4.78 is 11.4. The van der Waals surface area contributed by atoms with E-state index in [4.69, 9.17) is 9.47 Å². The van der Waals surface area contributed by atoms with Crippen molar-refractivity contribution in [1.82, 2.24) is 15.3 Å². The van der Waals surface area contributed by atoms with Crippen LogP contribution in [0.5, 0.6) is 5.75 Å². The van der Waals surface area contributed by atoms with Gasteiger partial charge in [-0.15, -0.1) is 0 Å². The average molecular weight is 411 g/mol. The molecule has 4 rings (SSSR count). The second-order valence-electron chi connectivity index (χ2n) is 8.24. The Morgan fingerprint density at radius 1 is 1.27 bits per heavy atom. The minimum absolute atomic E-state index is 0.181. The molecule has 30 heavy (non-hydrogen) atoms. The third-order valence-electron chi connectivity index (χ3n) is 5.65. The van der Waals surface area contributed by atoms with Gasteiger partial charge in [-0.2, -0.15) is 0 Å². The van der Waals surface area contributed by atoms with Crippen LogP contribution < -0.4 is 15.0 Å². The third-order valence-corrected chi connectivity index (χ3v) is 5.65. The van der Waals surface area contributed by atoms with Gasteiger partial charge in [-0.05, 0) is 49.3 Å². The molecule has 2 saturated heterocycles. The van der Waals surface area contributed by atoms with Gasteiger partial charge in [0.1, 0.15) is 12.4 Å². The molecular weight excluding hydrogens is 380 g/mol. The van der Waals surface area contributed by atoms with Gasteiger partial charge >= 0.3 is 0 Å². The van der Waals surface area contributed by atoms with Gasteiger partial charge in [0.15, 0.2) is 0 Å². The lowest BCUT2D eigenvalue weighted by Crippen LogP contribution is -2.35. The zero-order chi connectivity index (χ0) is 20.8. The Hall–Kier alpha value is -2.67. The van der Waals surface area contributed by atoms with Crippen molar-refractivity contribution in [3.8, 4) is 5.75 Å². The van der Waals surface area contributed by atoms with Crippen molar-refractivity contribution < 1.29 is 14.3 Å². The van der Waals surface area contributed by atoms with E-state index < -0.39 is 0 Å². The van der Waals surface area contributed by atoms with E-state index in [9.17, 15) is 4.79 Å². The van der Waals surface area contributed by atoms with E-state index in [2.05, 4.69) is 27.1 Å². The van der Waals surface area contributed by atoms with Gasteiger partial charge in [-0.1, -0.05) is 19.1 Å². The highest BCUT2D eigenvalue weighted by molar-refractivity contribution is 5.93. The van der Waals surface area contributed by atoms with Crippen LogP contribution in [0.4, 0.5) is 5.95 Å². The fourth-order valence-corrected chi connectivity index (χ4v) is 3.97. The zero-order valence-corrected chi connectivity index (χ0v) is 17.5. The van der Waals surface area contributed by atoms with Crippen LogP contribution in [0.2, 0.25) is 0 Å². The summed E-state index contributed by atoms with van der Waals surface area (Å²) in [5.41, 5.74) is 1.45. The van der Waals surface area contributed by atoms with Crippen molar-refractivity contribution in [3.63, 3.8) is 0 Å². The molecule has 1 aromatic heterocycles. The smallest absolute Gasteiger partial charge is 0.254 e. The second-order valence-corrected chi connectivity index (χ2v) is 8.24. The van der Waals surface area contributed by atoms with E-state index in [1.54, 1.807) is 12.4 Å². The van der Waals surface area contributed by atoms with E-state index in [0.717, 1.165) is 50.3 Å². The molecule has 7 heteroatoms. The number of piperidine rings is 1. The van der Waals surface area contributed by atoms with Crippen LogP contribution in [0.3, 0.4) is 0 Å². The molecule has 1 amide bonds. The van der Waals surface area contributed by atoms with Crippen LogP contribution in [-0.2, 0) is 11.3 Å². The van der Waals surface area contributed by atoms with Gasteiger partial charge in [-0.3, -0.25) is 4.79 Å². The number of nitrogens with zero attached hydrogens (tertiary/aromatic N) is 3. The van der Waals surface area contributed by atoms with Crippen molar-refractivity contribution in [2.75, 3.05) is 31.2 Å². The van der Waals surface area contributed by atoms with Gasteiger partial charge in [0.25, 0.3) is 5.91 Å². The second kappa shape index (κ2) is 9.89. The Bertz CT molecular complexity index is 837. The first-order chi connectivity index (χ1) is 14.7. The van der Waals surface area contributed by atoms with E-state index in [0.29, 0.717) is 30.6 Å². The Kier molecular flexibility index (Phi) is 6.79. The van der Waals surface area contributed by atoms with Crippen molar-refractivity contribution in [1.29, 1.82) is 0 Å². The molecule has 2 aliphatic heterocycles. The molecule has 3 heterocycles. The van der Waals surface area contributed by atoms with Crippen LogP contribution in [0.15, 0.2) is 36.7 Å². The first-order valence-corrected chi connectivity index (χ1v) is 10.9. The minimum atomic E-state index is -0.181. The maximum absolute atomic E-state index is 12.5. The summed E-state index contributed by atoms with van der Waals surface area (Å²) in [5, 5.41) is 2.93. The molecule has 0 radical (unpaired) electrons. The Morgan fingerprint density at radius 3 is 2.90 bits per heavy atom. The van der Waals surface area contributed by atoms with Crippen LogP contribution in [0.1, 0.15) is 48.5 Å². The summed E-state index contributed by atoms with van der Waals surface area (Å²) >= 11 is 0. The number of rotatable bonds is 7. The number of nitrogens with one attached hydrogen (secondary N) is 1. The van der Waals surface area contributed by atoms with Crippen LogP contribution >= 0.6 is 0 Å². The SMILES string of the molecule is C[C@H]1CCCN(c2ncc(C(=O)NCc3cccc(OC[C@@H]4CCCO4)c3)cn2)C1. The van der Waals surface area contributed by atoms with Gasteiger partial charge in [0, 0.05) is 38.6 Å². The van der Waals surface area contributed by atoms with Crippen molar-refractivity contribution >= 4 is 11.9 Å². The summed E-state index contributed by atoms with van der Waals surface area (Å²) in [5.74, 6) is 1.96. The molecule has 2 fully saturated rings. The number of carbonyl (C=O) groups is 1. The quantitative estimate of drug-likeness (QED) is 0.755. The van der Waals surface area contributed by atoms with Crippen molar-refractivity contribution in [2.24, 2.45) is 5.92 Å². The summed E-state index contributed by atoms with van der Waals surface area (Å²) in [6.07, 6.45) is 7.95. The number of benzene rings is 1. The molecule has 7 nitrogen and oxygen atoms in total. The number of aromatic nitrogens is 2. The highest BCUT2D eigenvalue weighted by Gasteiger charge is 2.19. The van der Waals surface area contributed by atoms with Crippen LogP contribution in [-0.4, -0.2) is 48.3 Å². The Labute approximate surface area is 177 Å². The number of hydrogen-bond acceptors (Lipinski definition) is 6. The fourth-order valence-electron chi connectivity index (χ4n) is 3.97. The highest BCUT2D eigenvalue weighted by atomic mass is 16.5. The lowest BCUT2D eigenvalue weighted by atomic mass is 10.0. The highest BCUT2D eigenvalue weighted by Crippen LogP contribution is 2.20. The van der Waals surface area contributed by atoms with Crippen LogP contribution in [0, 0.1) is 5.92 Å². The number of ether oxygens (including phenoxy) is 2. The van der Waals surface area contributed by atoms with Gasteiger partial charge in [0.05, 0.1) is 11.7 Å². The summed E-state index contributed by atoms with van der Waals surface area (Å²) in [6, 6.07) is 7.78. The number of amides is 1. The number of carbonyl (C=O) groups excluding carboxylic acids is 1. The lowest BCUT2D eigenvalue weighted by Gasteiger charge is -2.30. The molecule has 2 aromatic rings. The molecule has 0 bridgehead atoms. The van der Waals surface area contributed by atoms with E-state index in [1.807, 2.05) is 24.3 Å². The van der Waals surface area contributed by atoms with Gasteiger partial charge < -0.3 is 19.7 Å². The van der Waals surface area contributed by atoms with Crippen molar-refractivity contribution in [2.45, 2.75) is 45.3 Å². The van der Waals surface area contributed by atoms with Gasteiger partial charge in [-0.25, -0.2) is 9.97 Å². The molecule has 1 aromatic carbocycles. The molecule has 1 N–H and O–H groups in total. The van der Waals surface area contributed by atoms with Crippen molar-refractivity contribution in [3.05, 3.63) is 47.8 Å². The molecule has 2 aliphatic rings. The average Bonchev–Trinajstić information content (AvgIpc) is 3.30. The maximum atomic E-state index is 12.5. The largest absolute Gasteiger partial charge is 0.491 e. The molecule has 0 saturated carbocycles. The standard InChI is InChI=1S/C23H30N4O3/c1-17-5-3-9-27(15-17)23-25-13-19(14-26-23)22(28)24-12-18-6-2-7-20(11-18)30-16-21-8-4-10-29-21/h2,6-7,11,13-14,17,21H,3-5,8-10,12,15-16H2,1H3,(H,24,28)/t17-,21-/m0/s1. The first kappa shape index (κ1) is 20.6. The summed E-state index contributed by atoms with van der Waals surface area (Å²) in [7, 11) is 0. The monoisotopic (exact) mass is 410 g/mol. The summed E-state index contributed by atoms with van der Waals surface area (Å²) in [4.78, 5) is 23.5. The molecule has 0 spiro atoms. The lowest BCUT2D eigenvalue weighted by molar-refractivity contribution is 0.0679. The van der Waals surface area contributed by atoms with Crippen LogP contribution in [0.25, 0.3) is 0 Å². The van der Waals surface area contributed by atoms with E-state index >= 15 is 0 Å². The van der Waals surface area contributed by atoms with E-state index in [-0.39, 0.29) is 12.0 Å². The maximum Gasteiger partial charge on any atom is 0.254 e. The number of anilines is 1. The first-order valence-electron chi connectivity index (χ1n) is 10.9. The topological polar surface area (TPSA) is 76.6 Å². The number of hydrogen-bond donors (Lipinski definition) is 1.